The lowest BCUT2D eigenvalue weighted by atomic mass is 10.1. The van der Waals surface area contributed by atoms with Crippen LogP contribution in [-0.2, 0) is 31.0 Å². The van der Waals surface area contributed by atoms with Crippen molar-refractivity contribution in [2.45, 2.75) is 30.8 Å². The summed E-state index contributed by atoms with van der Waals surface area (Å²) in [6.07, 6.45) is -0.392. The van der Waals surface area contributed by atoms with E-state index in [9.17, 15) is 27.2 Å². The third-order valence-corrected chi connectivity index (χ3v) is 7.98. The van der Waals surface area contributed by atoms with Gasteiger partial charge in [0.1, 0.15) is 11.9 Å². The van der Waals surface area contributed by atoms with Crippen LogP contribution in [0.5, 0.6) is 11.5 Å². The van der Waals surface area contributed by atoms with Gasteiger partial charge >= 0.3 is 0 Å². The predicted molar refractivity (Wildman–Crippen MR) is 133 cm³/mol. The topological polar surface area (TPSA) is 122 Å². The van der Waals surface area contributed by atoms with Gasteiger partial charge in [-0.1, -0.05) is 6.07 Å². The molecular formula is C26H22FN3O7S. The maximum absolute atomic E-state index is 13.7. The van der Waals surface area contributed by atoms with Gasteiger partial charge in [0.05, 0.1) is 17.0 Å². The van der Waals surface area contributed by atoms with E-state index in [0.29, 0.717) is 22.7 Å². The van der Waals surface area contributed by atoms with E-state index in [1.807, 2.05) is 0 Å². The lowest BCUT2D eigenvalue weighted by molar-refractivity contribution is -0.122. The number of sulfonamides is 1. The average molecular weight is 540 g/mol. The SMILES string of the molecule is CC(=O)Nc1ccc(N2C(=O)CC(N(Cc3ccc4c(c3)OCO4)S(=O)(=O)c3ccc(F)cc3)C2=O)cc1. The predicted octanol–water partition coefficient (Wildman–Crippen LogP) is 3.04. The number of imide groups is 1. The van der Waals surface area contributed by atoms with E-state index in [1.54, 1.807) is 18.2 Å². The molecule has 1 fully saturated rings. The fraction of sp³-hybridized carbons (Fsp3) is 0.192. The van der Waals surface area contributed by atoms with Crippen molar-refractivity contribution in [1.29, 1.82) is 0 Å². The first-order chi connectivity index (χ1) is 18.1. The highest BCUT2D eigenvalue weighted by molar-refractivity contribution is 7.89. The smallest absolute Gasteiger partial charge is 0.252 e. The van der Waals surface area contributed by atoms with E-state index < -0.39 is 40.1 Å². The quantitative estimate of drug-likeness (QED) is 0.458. The molecule has 0 aliphatic carbocycles. The van der Waals surface area contributed by atoms with Crippen LogP contribution in [0.1, 0.15) is 18.9 Å². The third-order valence-electron chi connectivity index (χ3n) is 6.11. The number of hydrogen-bond donors (Lipinski definition) is 1. The number of carbonyl (C=O) groups is 3. The van der Waals surface area contributed by atoms with Crippen molar-refractivity contribution in [3.63, 3.8) is 0 Å². The van der Waals surface area contributed by atoms with E-state index in [1.165, 1.54) is 31.2 Å². The number of hydrogen-bond acceptors (Lipinski definition) is 7. The van der Waals surface area contributed by atoms with Crippen LogP contribution in [0.2, 0.25) is 0 Å². The summed E-state index contributed by atoms with van der Waals surface area (Å²) in [6, 6.07) is 13.8. The van der Waals surface area contributed by atoms with Crippen LogP contribution in [0.25, 0.3) is 0 Å². The first-order valence-corrected chi connectivity index (χ1v) is 13.0. The van der Waals surface area contributed by atoms with Crippen molar-refractivity contribution in [2.24, 2.45) is 0 Å². The second kappa shape index (κ2) is 9.88. The summed E-state index contributed by atoms with van der Waals surface area (Å²) in [5, 5.41) is 2.60. The van der Waals surface area contributed by atoms with Crippen molar-refractivity contribution < 1.29 is 36.7 Å². The van der Waals surface area contributed by atoms with Gasteiger partial charge < -0.3 is 14.8 Å². The van der Waals surface area contributed by atoms with Crippen molar-refractivity contribution in [1.82, 2.24) is 4.31 Å². The Balaban J connectivity index is 1.50. The number of carbonyl (C=O) groups excluding carboxylic acids is 3. The second-order valence-electron chi connectivity index (χ2n) is 8.71. The molecule has 0 radical (unpaired) electrons. The molecule has 1 atom stereocenters. The molecule has 3 aromatic carbocycles. The number of ether oxygens (including phenoxy) is 2. The summed E-state index contributed by atoms with van der Waals surface area (Å²) in [6.45, 7) is 1.12. The van der Waals surface area contributed by atoms with Gasteiger partial charge in [0.2, 0.25) is 28.6 Å². The monoisotopic (exact) mass is 539 g/mol. The highest BCUT2D eigenvalue weighted by Crippen LogP contribution is 2.35. The highest BCUT2D eigenvalue weighted by Gasteiger charge is 2.47. The van der Waals surface area contributed by atoms with Crippen LogP contribution in [0, 0.1) is 5.82 Å². The number of anilines is 2. The fourth-order valence-electron chi connectivity index (χ4n) is 4.33. The van der Waals surface area contributed by atoms with E-state index in [-0.39, 0.29) is 29.8 Å². The minimum atomic E-state index is -4.35. The van der Waals surface area contributed by atoms with E-state index in [4.69, 9.17) is 9.47 Å². The van der Waals surface area contributed by atoms with Crippen molar-refractivity contribution in [2.75, 3.05) is 17.0 Å². The molecule has 0 bridgehead atoms. The molecular weight excluding hydrogens is 517 g/mol. The van der Waals surface area contributed by atoms with Crippen LogP contribution < -0.4 is 19.7 Å². The Bertz CT molecular complexity index is 1530. The van der Waals surface area contributed by atoms with Gasteiger partial charge in [0.15, 0.2) is 11.5 Å². The zero-order chi connectivity index (χ0) is 27.0. The summed E-state index contributed by atoms with van der Waals surface area (Å²) in [4.78, 5) is 38.6. The molecule has 196 valence electrons. The number of amides is 3. The Hall–Kier alpha value is -4.29. The Labute approximate surface area is 217 Å². The summed E-state index contributed by atoms with van der Waals surface area (Å²) in [7, 11) is -4.35. The molecule has 2 aliphatic rings. The van der Waals surface area contributed by atoms with E-state index >= 15 is 0 Å². The first kappa shape index (κ1) is 25.4. The van der Waals surface area contributed by atoms with Gasteiger partial charge in [0.25, 0.3) is 5.91 Å². The number of nitrogens with one attached hydrogen (secondary N) is 1. The van der Waals surface area contributed by atoms with Crippen molar-refractivity contribution in [3.05, 3.63) is 78.1 Å². The van der Waals surface area contributed by atoms with Gasteiger partial charge in [-0.25, -0.2) is 17.7 Å². The summed E-state index contributed by atoms with van der Waals surface area (Å²) in [5.74, 6) is -1.28. The molecule has 3 aromatic rings. The summed E-state index contributed by atoms with van der Waals surface area (Å²) in [5.41, 5.74) is 1.21. The van der Waals surface area contributed by atoms with Gasteiger partial charge in [-0.05, 0) is 66.2 Å². The normalized spacial score (nSPS) is 16.8. The summed E-state index contributed by atoms with van der Waals surface area (Å²) < 4.78 is 52.7. The molecule has 1 saturated heterocycles. The molecule has 10 nitrogen and oxygen atoms in total. The first-order valence-electron chi connectivity index (χ1n) is 11.5. The number of halogens is 1. The van der Waals surface area contributed by atoms with Crippen LogP contribution in [0.15, 0.2) is 71.6 Å². The number of nitrogens with zero attached hydrogens (tertiary/aromatic N) is 2. The van der Waals surface area contributed by atoms with Gasteiger partial charge in [0, 0.05) is 19.2 Å². The third kappa shape index (κ3) is 4.83. The molecule has 1 unspecified atom stereocenters. The highest BCUT2D eigenvalue weighted by atomic mass is 32.2. The molecule has 1 N–H and O–H groups in total. The number of benzene rings is 3. The maximum atomic E-state index is 13.7. The molecule has 0 spiro atoms. The zero-order valence-electron chi connectivity index (χ0n) is 20.1. The van der Waals surface area contributed by atoms with Gasteiger partial charge in [-0.2, -0.15) is 4.31 Å². The Kier molecular flexibility index (Phi) is 6.59. The Morgan fingerprint density at radius 2 is 1.71 bits per heavy atom. The lowest BCUT2D eigenvalue weighted by Gasteiger charge is -2.27. The Morgan fingerprint density at radius 1 is 1.03 bits per heavy atom. The molecule has 0 aromatic heterocycles. The van der Waals surface area contributed by atoms with E-state index in [0.717, 1.165) is 33.5 Å². The molecule has 38 heavy (non-hydrogen) atoms. The maximum Gasteiger partial charge on any atom is 0.252 e. The summed E-state index contributed by atoms with van der Waals surface area (Å²) >= 11 is 0. The van der Waals surface area contributed by atoms with Crippen LogP contribution in [0.3, 0.4) is 0 Å². The number of fused-ring (bicyclic) bond motifs is 1. The van der Waals surface area contributed by atoms with Crippen molar-refractivity contribution in [3.8, 4) is 11.5 Å². The van der Waals surface area contributed by atoms with Gasteiger partial charge in [-0.15, -0.1) is 0 Å². The number of rotatable bonds is 7. The minimum absolute atomic E-state index is 0.0294. The van der Waals surface area contributed by atoms with Crippen LogP contribution in [0.4, 0.5) is 15.8 Å². The molecule has 3 amide bonds. The van der Waals surface area contributed by atoms with Crippen molar-refractivity contribution >= 4 is 39.1 Å². The largest absolute Gasteiger partial charge is 0.454 e. The molecule has 0 saturated carbocycles. The molecule has 12 heteroatoms. The van der Waals surface area contributed by atoms with Crippen LogP contribution in [-0.4, -0.2) is 43.3 Å². The molecule has 5 rings (SSSR count). The second-order valence-corrected chi connectivity index (χ2v) is 10.6. The molecule has 2 heterocycles. The standard InChI is InChI=1S/C26H22FN3O7S/c1-16(31)28-19-5-7-20(8-6-19)30-25(32)13-22(26(30)33)29(38(34,35)21-9-3-18(27)4-10-21)14-17-2-11-23-24(12-17)37-15-36-23/h2-12,22H,13-15H2,1H3,(H,28,31). The zero-order valence-corrected chi connectivity index (χ0v) is 20.9. The van der Waals surface area contributed by atoms with E-state index in [2.05, 4.69) is 5.32 Å². The van der Waals surface area contributed by atoms with Crippen LogP contribution >= 0.6 is 0 Å². The average Bonchev–Trinajstić information content (AvgIpc) is 3.46. The Morgan fingerprint density at radius 3 is 2.39 bits per heavy atom. The molecule has 2 aliphatic heterocycles. The van der Waals surface area contributed by atoms with Gasteiger partial charge in [-0.3, -0.25) is 14.4 Å². The lowest BCUT2D eigenvalue weighted by Crippen LogP contribution is -2.45. The fourth-order valence-corrected chi connectivity index (χ4v) is 5.90. The minimum Gasteiger partial charge on any atom is -0.454 e.